The number of benzene rings is 1. The van der Waals surface area contributed by atoms with Crippen LogP contribution in [0, 0.1) is 0 Å². The molecule has 0 bridgehead atoms. The number of hydrazine groups is 1. The van der Waals surface area contributed by atoms with Crippen molar-refractivity contribution >= 4 is 15.9 Å². The van der Waals surface area contributed by atoms with E-state index >= 15 is 0 Å². The minimum absolute atomic E-state index is 0.673. The van der Waals surface area contributed by atoms with Gasteiger partial charge in [0.05, 0.1) is 0 Å². The van der Waals surface area contributed by atoms with Crippen LogP contribution in [0.3, 0.4) is 0 Å². The summed E-state index contributed by atoms with van der Waals surface area (Å²) in [6.45, 7) is 4.71. The van der Waals surface area contributed by atoms with E-state index in [9.17, 15) is 0 Å². The molecule has 2 aliphatic rings. The molecule has 2 atom stereocenters. The van der Waals surface area contributed by atoms with Gasteiger partial charge in [-0.1, -0.05) is 34.5 Å². The standard InChI is InChI=1S/C17H25BrN2/c1-12-4-3-5-13(2)20(12)19-17-10-15(11-17)14-6-8-16(18)9-7-14/h6-9,12-13,15,17,19H,3-5,10-11H2,1-2H3. The quantitative estimate of drug-likeness (QED) is 0.876. The molecule has 2 unspecified atom stereocenters. The molecule has 1 aliphatic heterocycles. The maximum Gasteiger partial charge on any atom is 0.0227 e. The molecule has 3 rings (SSSR count). The van der Waals surface area contributed by atoms with Crippen molar-refractivity contribution in [1.82, 2.24) is 10.4 Å². The number of nitrogens with one attached hydrogen (secondary N) is 1. The van der Waals surface area contributed by atoms with Crippen molar-refractivity contribution in [3.63, 3.8) is 0 Å². The normalized spacial score (nSPS) is 34.8. The topological polar surface area (TPSA) is 15.3 Å². The molecular weight excluding hydrogens is 312 g/mol. The van der Waals surface area contributed by atoms with Gasteiger partial charge in [-0.3, -0.25) is 5.43 Å². The first-order valence-electron chi connectivity index (χ1n) is 7.93. The zero-order valence-electron chi connectivity index (χ0n) is 12.5. The van der Waals surface area contributed by atoms with Crippen LogP contribution in [0.1, 0.15) is 57.4 Å². The SMILES string of the molecule is CC1CCCC(C)N1NC1CC(c2ccc(Br)cc2)C1. The molecule has 1 aromatic carbocycles. The molecule has 2 fully saturated rings. The van der Waals surface area contributed by atoms with E-state index in [4.69, 9.17) is 0 Å². The molecule has 1 aliphatic carbocycles. The predicted octanol–water partition coefficient (Wildman–Crippen LogP) is 4.46. The van der Waals surface area contributed by atoms with E-state index in [1.807, 2.05) is 0 Å². The van der Waals surface area contributed by atoms with Crippen LogP contribution in [0.2, 0.25) is 0 Å². The highest BCUT2D eigenvalue weighted by Gasteiger charge is 2.34. The van der Waals surface area contributed by atoms with Crippen LogP contribution in [0.4, 0.5) is 0 Å². The Morgan fingerprint density at radius 1 is 1.05 bits per heavy atom. The maximum atomic E-state index is 3.79. The average molecular weight is 337 g/mol. The third-order valence-electron chi connectivity index (χ3n) is 5.00. The first-order valence-corrected chi connectivity index (χ1v) is 8.72. The average Bonchev–Trinajstić information content (AvgIpc) is 2.38. The summed E-state index contributed by atoms with van der Waals surface area (Å²) in [6.07, 6.45) is 6.60. The van der Waals surface area contributed by atoms with Gasteiger partial charge in [0.1, 0.15) is 0 Å². The Morgan fingerprint density at radius 3 is 2.25 bits per heavy atom. The third kappa shape index (κ3) is 3.10. The molecule has 1 saturated carbocycles. The molecule has 20 heavy (non-hydrogen) atoms. The smallest absolute Gasteiger partial charge is 0.0227 e. The number of halogens is 1. The predicted molar refractivity (Wildman–Crippen MR) is 87.7 cm³/mol. The Balaban J connectivity index is 1.51. The second-order valence-corrected chi connectivity index (χ2v) is 7.50. The van der Waals surface area contributed by atoms with Crippen molar-refractivity contribution in [2.24, 2.45) is 0 Å². The molecule has 110 valence electrons. The molecule has 0 aromatic heterocycles. The van der Waals surface area contributed by atoms with Crippen LogP contribution < -0.4 is 5.43 Å². The van der Waals surface area contributed by atoms with Gasteiger partial charge in [0.2, 0.25) is 0 Å². The third-order valence-corrected chi connectivity index (χ3v) is 5.53. The summed E-state index contributed by atoms with van der Waals surface area (Å²) < 4.78 is 1.17. The fourth-order valence-electron chi connectivity index (χ4n) is 3.62. The van der Waals surface area contributed by atoms with Crippen LogP contribution in [0.5, 0.6) is 0 Å². The van der Waals surface area contributed by atoms with Crippen LogP contribution in [0.25, 0.3) is 0 Å². The highest BCUT2D eigenvalue weighted by Crippen LogP contribution is 2.38. The van der Waals surface area contributed by atoms with Crippen molar-refractivity contribution in [3.05, 3.63) is 34.3 Å². The van der Waals surface area contributed by atoms with E-state index in [0.29, 0.717) is 18.1 Å². The first-order chi connectivity index (χ1) is 9.63. The van der Waals surface area contributed by atoms with Gasteiger partial charge in [-0.2, -0.15) is 0 Å². The molecule has 0 radical (unpaired) electrons. The van der Waals surface area contributed by atoms with E-state index in [2.05, 4.69) is 64.5 Å². The summed E-state index contributed by atoms with van der Waals surface area (Å²) in [5.74, 6) is 0.746. The zero-order valence-corrected chi connectivity index (χ0v) is 14.1. The van der Waals surface area contributed by atoms with E-state index in [-0.39, 0.29) is 0 Å². The Kier molecular flexibility index (Phi) is 4.49. The number of rotatable bonds is 3. The Labute approximate surface area is 131 Å². The van der Waals surface area contributed by atoms with Crippen molar-refractivity contribution < 1.29 is 0 Å². The number of piperidine rings is 1. The maximum absolute atomic E-state index is 3.79. The van der Waals surface area contributed by atoms with Gasteiger partial charge in [-0.15, -0.1) is 0 Å². The minimum Gasteiger partial charge on any atom is -0.252 e. The fraction of sp³-hybridized carbons (Fsp3) is 0.647. The number of nitrogens with zero attached hydrogens (tertiary/aromatic N) is 1. The van der Waals surface area contributed by atoms with Crippen molar-refractivity contribution in [3.8, 4) is 0 Å². The lowest BCUT2D eigenvalue weighted by molar-refractivity contribution is 0.0107. The minimum atomic E-state index is 0.673. The molecule has 1 heterocycles. The van der Waals surface area contributed by atoms with E-state index < -0.39 is 0 Å². The van der Waals surface area contributed by atoms with Crippen LogP contribution in [-0.2, 0) is 0 Å². The zero-order chi connectivity index (χ0) is 14.1. The number of hydrogen-bond acceptors (Lipinski definition) is 2. The molecule has 3 heteroatoms. The lowest BCUT2D eigenvalue weighted by Crippen LogP contribution is -2.57. The van der Waals surface area contributed by atoms with E-state index in [1.54, 1.807) is 0 Å². The molecular formula is C17H25BrN2. The van der Waals surface area contributed by atoms with Gasteiger partial charge in [-0.25, -0.2) is 5.01 Å². The van der Waals surface area contributed by atoms with Crippen molar-refractivity contribution in [1.29, 1.82) is 0 Å². The lowest BCUT2D eigenvalue weighted by Gasteiger charge is -2.46. The Bertz CT molecular complexity index is 429. The van der Waals surface area contributed by atoms with Crippen molar-refractivity contribution in [2.45, 2.75) is 70.0 Å². The van der Waals surface area contributed by atoms with E-state index in [0.717, 1.165) is 5.92 Å². The molecule has 1 N–H and O–H groups in total. The van der Waals surface area contributed by atoms with Crippen LogP contribution in [-0.4, -0.2) is 23.1 Å². The second kappa shape index (κ2) is 6.17. The largest absolute Gasteiger partial charge is 0.252 e. The first kappa shape index (κ1) is 14.6. The van der Waals surface area contributed by atoms with Gasteiger partial charge >= 0.3 is 0 Å². The molecule has 0 spiro atoms. The lowest BCUT2D eigenvalue weighted by atomic mass is 9.76. The van der Waals surface area contributed by atoms with Gasteiger partial charge in [0.15, 0.2) is 0 Å². The highest BCUT2D eigenvalue weighted by molar-refractivity contribution is 9.10. The van der Waals surface area contributed by atoms with Gasteiger partial charge in [0, 0.05) is 22.6 Å². The van der Waals surface area contributed by atoms with Gasteiger partial charge in [-0.05, 0) is 63.1 Å². The van der Waals surface area contributed by atoms with Gasteiger partial charge in [0.25, 0.3) is 0 Å². The molecule has 2 nitrogen and oxygen atoms in total. The fourth-order valence-corrected chi connectivity index (χ4v) is 3.88. The molecule has 1 saturated heterocycles. The summed E-state index contributed by atoms with van der Waals surface area (Å²) in [5, 5.41) is 2.52. The van der Waals surface area contributed by atoms with Crippen molar-refractivity contribution in [2.75, 3.05) is 0 Å². The second-order valence-electron chi connectivity index (χ2n) is 6.58. The summed E-state index contributed by atoms with van der Waals surface area (Å²) in [4.78, 5) is 0. The van der Waals surface area contributed by atoms with Crippen LogP contribution >= 0.6 is 15.9 Å². The molecule has 1 aromatic rings. The van der Waals surface area contributed by atoms with Gasteiger partial charge < -0.3 is 0 Å². The Hall–Kier alpha value is -0.380. The Morgan fingerprint density at radius 2 is 1.65 bits per heavy atom. The molecule has 0 amide bonds. The summed E-state index contributed by atoms with van der Waals surface area (Å²) in [6, 6.07) is 10.9. The highest BCUT2D eigenvalue weighted by atomic mass is 79.9. The summed E-state index contributed by atoms with van der Waals surface area (Å²) in [7, 11) is 0. The van der Waals surface area contributed by atoms with Crippen LogP contribution in [0.15, 0.2) is 28.7 Å². The van der Waals surface area contributed by atoms with E-state index in [1.165, 1.54) is 42.1 Å². The monoisotopic (exact) mass is 336 g/mol. The summed E-state index contributed by atoms with van der Waals surface area (Å²) in [5.41, 5.74) is 5.28. The number of hydrogen-bond donors (Lipinski definition) is 1. The summed E-state index contributed by atoms with van der Waals surface area (Å²) >= 11 is 3.51.